The van der Waals surface area contributed by atoms with Gasteiger partial charge in [-0.25, -0.2) is 9.78 Å². The molecule has 0 aliphatic rings. The largest absolute Gasteiger partial charge is 0.493 e. The van der Waals surface area contributed by atoms with Gasteiger partial charge in [0.1, 0.15) is 11.1 Å². The average Bonchev–Trinajstić information content (AvgIpc) is 2.72. The van der Waals surface area contributed by atoms with E-state index in [1.165, 1.54) is 11.6 Å². The van der Waals surface area contributed by atoms with Crippen molar-refractivity contribution in [2.45, 2.75) is 26.7 Å². The SMILES string of the molecule is CCCc1cnc2c(c1NC(=O)c1ccccc1OCC)c(=O)n(C)c(=O)n2C. The average molecular weight is 396 g/mol. The van der Waals surface area contributed by atoms with Gasteiger partial charge in [-0.05, 0) is 31.0 Å². The Hall–Kier alpha value is -3.42. The molecule has 0 bridgehead atoms. The molecule has 2 aromatic heterocycles. The summed E-state index contributed by atoms with van der Waals surface area (Å²) in [5, 5.41) is 3.09. The normalized spacial score (nSPS) is 10.9. The van der Waals surface area contributed by atoms with Crippen LogP contribution in [0, 0.1) is 0 Å². The van der Waals surface area contributed by atoms with Crippen molar-refractivity contribution in [3.63, 3.8) is 0 Å². The molecule has 8 nitrogen and oxygen atoms in total. The highest BCUT2D eigenvalue weighted by Gasteiger charge is 2.20. The molecule has 1 N–H and O–H groups in total. The van der Waals surface area contributed by atoms with Gasteiger partial charge in [0.25, 0.3) is 11.5 Å². The quantitative estimate of drug-likeness (QED) is 0.689. The molecule has 0 radical (unpaired) electrons. The van der Waals surface area contributed by atoms with Crippen molar-refractivity contribution in [2.24, 2.45) is 14.1 Å². The van der Waals surface area contributed by atoms with Gasteiger partial charge in [-0.2, -0.15) is 0 Å². The van der Waals surface area contributed by atoms with Gasteiger partial charge in [0.05, 0.1) is 17.9 Å². The summed E-state index contributed by atoms with van der Waals surface area (Å²) in [4.78, 5) is 42.6. The zero-order chi connectivity index (χ0) is 21.1. The van der Waals surface area contributed by atoms with Crippen molar-refractivity contribution in [1.29, 1.82) is 0 Å². The number of para-hydroxylation sites is 1. The van der Waals surface area contributed by atoms with Crippen molar-refractivity contribution in [1.82, 2.24) is 14.1 Å². The Balaban J connectivity index is 2.23. The van der Waals surface area contributed by atoms with Crippen LogP contribution in [0.3, 0.4) is 0 Å². The highest BCUT2D eigenvalue weighted by molar-refractivity contribution is 6.10. The molecule has 2 heterocycles. The first-order chi connectivity index (χ1) is 13.9. The lowest BCUT2D eigenvalue weighted by molar-refractivity contribution is 0.102. The molecule has 0 aliphatic carbocycles. The number of anilines is 1. The number of carbonyl (C=O) groups excluding carboxylic acids is 1. The molecule has 1 aromatic carbocycles. The monoisotopic (exact) mass is 396 g/mol. The molecule has 0 saturated carbocycles. The zero-order valence-electron chi connectivity index (χ0n) is 17.0. The number of aryl methyl sites for hydroxylation is 2. The number of ether oxygens (including phenoxy) is 1. The summed E-state index contributed by atoms with van der Waals surface area (Å²) >= 11 is 0. The number of rotatable bonds is 6. The van der Waals surface area contributed by atoms with Crippen molar-refractivity contribution < 1.29 is 9.53 Å². The third-order valence-electron chi connectivity index (χ3n) is 4.74. The number of nitrogens with one attached hydrogen (secondary N) is 1. The van der Waals surface area contributed by atoms with E-state index < -0.39 is 17.2 Å². The minimum Gasteiger partial charge on any atom is -0.493 e. The van der Waals surface area contributed by atoms with Crippen molar-refractivity contribution >= 4 is 22.6 Å². The summed E-state index contributed by atoms with van der Waals surface area (Å²) in [6.07, 6.45) is 3.03. The third kappa shape index (κ3) is 3.65. The molecule has 0 fully saturated rings. The van der Waals surface area contributed by atoms with Crippen LogP contribution in [0.15, 0.2) is 40.1 Å². The predicted octanol–water partition coefficient (Wildman–Crippen LogP) is 2.24. The molecule has 8 heteroatoms. The van der Waals surface area contributed by atoms with Crippen LogP contribution in [0.25, 0.3) is 11.0 Å². The number of fused-ring (bicyclic) bond motifs is 1. The summed E-state index contributed by atoms with van der Waals surface area (Å²) in [5.74, 6) is 0.0676. The van der Waals surface area contributed by atoms with E-state index in [0.717, 1.165) is 16.6 Å². The topological polar surface area (TPSA) is 95.2 Å². The Labute approximate surface area is 167 Å². The van der Waals surface area contributed by atoms with E-state index in [2.05, 4.69) is 10.3 Å². The second-order valence-electron chi connectivity index (χ2n) is 6.70. The van der Waals surface area contributed by atoms with Gasteiger partial charge >= 0.3 is 5.69 Å². The number of benzene rings is 1. The fourth-order valence-electron chi connectivity index (χ4n) is 3.29. The number of nitrogens with zero attached hydrogens (tertiary/aromatic N) is 3. The Morgan fingerprint density at radius 3 is 2.55 bits per heavy atom. The first kappa shape index (κ1) is 20.3. The summed E-state index contributed by atoms with van der Waals surface area (Å²) in [6, 6.07) is 6.92. The predicted molar refractivity (Wildman–Crippen MR) is 112 cm³/mol. The molecule has 0 saturated heterocycles. The Kier molecular flexibility index (Phi) is 5.81. The highest BCUT2D eigenvalue weighted by atomic mass is 16.5. The molecule has 3 aromatic rings. The van der Waals surface area contributed by atoms with Crippen LogP contribution in [0.2, 0.25) is 0 Å². The van der Waals surface area contributed by atoms with E-state index in [4.69, 9.17) is 4.74 Å². The van der Waals surface area contributed by atoms with Gasteiger partial charge in [0.2, 0.25) is 0 Å². The maximum absolute atomic E-state index is 13.1. The van der Waals surface area contributed by atoms with Crippen LogP contribution >= 0.6 is 0 Å². The number of aromatic nitrogens is 3. The summed E-state index contributed by atoms with van der Waals surface area (Å²) in [5.41, 5.74) is 0.733. The third-order valence-corrected chi connectivity index (χ3v) is 4.74. The van der Waals surface area contributed by atoms with E-state index in [9.17, 15) is 14.4 Å². The van der Waals surface area contributed by atoms with Crippen molar-refractivity contribution in [3.8, 4) is 5.75 Å². The molecule has 0 unspecified atom stereocenters. The lowest BCUT2D eigenvalue weighted by Crippen LogP contribution is -2.38. The minimum atomic E-state index is -0.498. The Bertz CT molecular complexity index is 1190. The van der Waals surface area contributed by atoms with Gasteiger partial charge < -0.3 is 10.1 Å². The number of hydrogen-bond acceptors (Lipinski definition) is 5. The molecule has 1 amide bonds. The zero-order valence-corrected chi connectivity index (χ0v) is 17.0. The standard InChI is InChI=1S/C21H24N4O4/c1-5-9-13-12-22-18-16(20(27)25(4)21(28)24(18)3)17(13)23-19(26)14-10-7-8-11-15(14)29-6-2/h7-8,10-12H,5-6,9H2,1-4H3,(H,22,23,26). The van der Waals surface area contributed by atoms with Crippen LogP contribution in [-0.2, 0) is 20.5 Å². The van der Waals surface area contributed by atoms with E-state index in [-0.39, 0.29) is 11.0 Å². The molecule has 0 spiro atoms. The highest BCUT2D eigenvalue weighted by Crippen LogP contribution is 2.26. The number of pyridine rings is 1. The Morgan fingerprint density at radius 2 is 1.86 bits per heavy atom. The van der Waals surface area contributed by atoms with Gasteiger partial charge in [0.15, 0.2) is 5.65 Å². The van der Waals surface area contributed by atoms with Crippen molar-refractivity contribution in [2.75, 3.05) is 11.9 Å². The molecule has 0 atom stereocenters. The van der Waals surface area contributed by atoms with Gasteiger partial charge in [-0.15, -0.1) is 0 Å². The molecular formula is C21H24N4O4. The maximum atomic E-state index is 13.1. The fourth-order valence-corrected chi connectivity index (χ4v) is 3.29. The summed E-state index contributed by atoms with van der Waals surface area (Å²) in [6.45, 7) is 4.26. The molecule has 152 valence electrons. The fraction of sp³-hybridized carbons (Fsp3) is 0.333. The summed E-state index contributed by atoms with van der Waals surface area (Å²) in [7, 11) is 2.96. The first-order valence-corrected chi connectivity index (χ1v) is 9.51. The summed E-state index contributed by atoms with van der Waals surface area (Å²) < 4.78 is 7.87. The molecule has 0 aliphatic heterocycles. The van der Waals surface area contributed by atoms with Crippen molar-refractivity contribution in [3.05, 3.63) is 62.4 Å². The van der Waals surface area contributed by atoms with E-state index in [0.29, 0.717) is 30.0 Å². The first-order valence-electron chi connectivity index (χ1n) is 9.51. The maximum Gasteiger partial charge on any atom is 0.332 e. The van der Waals surface area contributed by atoms with Gasteiger partial charge in [-0.1, -0.05) is 25.5 Å². The lowest BCUT2D eigenvalue weighted by atomic mass is 10.1. The van der Waals surface area contributed by atoms with Crippen LogP contribution in [-0.4, -0.2) is 26.6 Å². The Morgan fingerprint density at radius 1 is 1.14 bits per heavy atom. The molecule has 3 rings (SSSR count). The molecule has 29 heavy (non-hydrogen) atoms. The van der Waals surface area contributed by atoms with E-state index in [1.807, 2.05) is 13.8 Å². The van der Waals surface area contributed by atoms with Gasteiger partial charge in [-0.3, -0.25) is 18.7 Å². The van der Waals surface area contributed by atoms with Crippen LogP contribution in [0.1, 0.15) is 36.2 Å². The lowest BCUT2D eigenvalue weighted by Gasteiger charge is -2.16. The number of carbonyl (C=O) groups is 1. The van der Waals surface area contributed by atoms with E-state index >= 15 is 0 Å². The van der Waals surface area contributed by atoms with Gasteiger partial charge in [0, 0.05) is 20.3 Å². The molecular weight excluding hydrogens is 372 g/mol. The van der Waals surface area contributed by atoms with Crippen LogP contribution in [0.5, 0.6) is 5.75 Å². The number of hydrogen-bond donors (Lipinski definition) is 1. The minimum absolute atomic E-state index is 0.211. The van der Waals surface area contributed by atoms with Crippen LogP contribution < -0.4 is 21.3 Å². The van der Waals surface area contributed by atoms with E-state index in [1.54, 1.807) is 37.5 Å². The van der Waals surface area contributed by atoms with Crippen LogP contribution in [0.4, 0.5) is 5.69 Å². The second-order valence-corrected chi connectivity index (χ2v) is 6.70. The smallest absolute Gasteiger partial charge is 0.332 e. The number of amides is 1. The second kappa shape index (κ2) is 8.30.